The standard InChI is InChI=1S/C37H32N4O2S/c42-35(40-21-11-17-29-16-7-9-19-32(29)40)26-39-25-30(31-18-8-10-20-33(31)39)22-34-36(43)41(24-28-14-5-2-6-15-28)37(44-34)38-23-27-12-3-1-4-13-27/h1-10,12-16,18-20,22,25H,11,17,21,23-24,26H2/b34-22+,38-37?. The van der Waals surface area contributed by atoms with Crippen molar-refractivity contribution in [2.24, 2.45) is 4.99 Å². The Labute approximate surface area is 261 Å². The van der Waals surface area contributed by atoms with Gasteiger partial charge in [0.1, 0.15) is 6.54 Å². The molecular formula is C37H32N4O2S. The molecule has 7 heteroatoms. The zero-order valence-corrected chi connectivity index (χ0v) is 25.1. The minimum Gasteiger partial charge on any atom is -0.337 e. The van der Waals surface area contributed by atoms with Crippen LogP contribution < -0.4 is 4.90 Å². The van der Waals surface area contributed by atoms with Crippen LogP contribution in [0.1, 0.15) is 28.7 Å². The molecule has 1 fully saturated rings. The molecule has 2 aliphatic rings. The van der Waals surface area contributed by atoms with Crippen LogP contribution in [0.15, 0.2) is 125 Å². The summed E-state index contributed by atoms with van der Waals surface area (Å²) in [7, 11) is 0. The molecule has 0 unspecified atom stereocenters. The maximum atomic E-state index is 13.9. The van der Waals surface area contributed by atoms with Gasteiger partial charge in [-0.15, -0.1) is 0 Å². The van der Waals surface area contributed by atoms with Crippen molar-refractivity contribution in [1.29, 1.82) is 0 Å². The summed E-state index contributed by atoms with van der Waals surface area (Å²) in [5, 5.41) is 1.70. The summed E-state index contributed by atoms with van der Waals surface area (Å²) in [5.41, 5.74) is 6.24. The second-order valence-corrected chi connectivity index (χ2v) is 12.1. The van der Waals surface area contributed by atoms with E-state index in [0.29, 0.717) is 23.2 Å². The van der Waals surface area contributed by atoms with E-state index in [1.807, 2.05) is 119 Å². The van der Waals surface area contributed by atoms with Gasteiger partial charge in [-0.25, -0.2) is 0 Å². The second kappa shape index (κ2) is 12.4. The van der Waals surface area contributed by atoms with Crippen molar-refractivity contribution >= 4 is 51.4 Å². The summed E-state index contributed by atoms with van der Waals surface area (Å²) in [6.45, 7) is 1.89. The van der Waals surface area contributed by atoms with Crippen molar-refractivity contribution < 1.29 is 9.59 Å². The SMILES string of the molecule is O=C1/C(=C\c2cn(CC(=O)N3CCCc4ccccc43)c3ccccc23)SC(=NCc2ccccc2)N1Cc1ccccc1. The Hall–Kier alpha value is -4.88. The van der Waals surface area contributed by atoms with E-state index in [4.69, 9.17) is 4.99 Å². The lowest BCUT2D eigenvalue weighted by molar-refractivity contribution is -0.122. The van der Waals surface area contributed by atoms with Gasteiger partial charge in [0.05, 0.1) is 18.0 Å². The number of carbonyl (C=O) groups excluding carboxylic acids is 2. The Morgan fingerprint density at radius 2 is 1.55 bits per heavy atom. The molecule has 7 rings (SSSR count). The number of carbonyl (C=O) groups is 2. The highest BCUT2D eigenvalue weighted by atomic mass is 32.2. The van der Waals surface area contributed by atoms with Gasteiger partial charge in [-0.05, 0) is 59.5 Å². The van der Waals surface area contributed by atoms with Gasteiger partial charge in [0.15, 0.2) is 5.17 Å². The van der Waals surface area contributed by atoms with Crippen molar-refractivity contribution in [3.63, 3.8) is 0 Å². The number of amides is 2. The van der Waals surface area contributed by atoms with Crippen LogP contribution in [0.2, 0.25) is 0 Å². The molecule has 0 bridgehead atoms. The number of nitrogens with zero attached hydrogens (tertiary/aromatic N) is 4. The molecule has 0 radical (unpaired) electrons. The van der Waals surface area contributed by atoms with Crippen molar-refractivity contribution in [3.8, 4) is 0 Å². The maximum Gasteiger partial charge on any atom is 0.267 e. The van der Waals surface area contributed by atoms with Crippen LogP contribution in [0.5, 0.6) is 0 Å². The lowest BCUT2D eigenvalue weighted by Gasteiger charge is -2.29. The van der Waals surface area contributed by atoms with Crippen molar-refractivity contribution in [3.05, 3.63) is 143 Å². The highest BCUT2D eigenvalue weighted by Gasteiger charge is 2.33. The first-order valence-corrected chi connectivity index (χ1v) is 15.8. The smallest absolute Gasteiger partial charge is 0.267 e. The molecule has 0 atom stereocenters. The van der Waals surface area contributed by atoms with E-state index in [0.717, 1.165) is 52.7 Å². The number of para-hydroxylation sites is 2. The molecule has 0 N–H and O–H groups in total. The van der Waals surface area contributed by atoms with Gasteiger partial charge in [0.25, 0.3) is 5.91 Å². The first-order valence-electron chi connectivity index (χ1n) is 14.9. The van der Waals surface area contributed by atoms with Crippen LogP contribution >= 0.6 is 11.8 Å². The Bertz CT molecular complexity index is 1900. The van der Waals surface area contributed by atoms with E-state index in [1.54, 1.807) is 4.90 Å². The summed E-state index contributed by atoms with van der Waals surface area (Å²) in [6.07, 6.45) is 5.91. The predicted molar refractivity (Wildman–Crippen MR) is 179 cm³/mol. The third kappa shape index (κ3) is 5.71. The Kier molecular flexibility index (Phi) is 7.86. The molecule has 3 heterocycles. The lowest BCUT2D eigenvalue weighted by atomic mass is 10.0. The topological polar surface area (TPSA) is 57.9 Å². The number of hydrogen-bond acceptors (Lipinski definition) is 4. The molecule has 218 valence electrons. The third-order valence-electron chi connectivity index (χ3n) is 8.13. The molecule has 6 nitrogen and oxygen atoms in total. The lowest BCUT2D eigenvalue weighted by Crippen LogP contribution is -2.37. The molecule has 44 heavy (non-hydrogen) atoms. The number of benzene rings is 4. The van der Waals surface area contributed by atoms with Crippen LogP contribution in [0, 0.1) is 0 Å². The Morgan fingerprint density at radius 3 is 2.36 bits per heavy atom. The van der Waals surface area contributed by atoms with E-state index < -0.39 is 0 Å². The summed E-state index contributed by atoms with van der Waals surface area (Å²) in [6, 6.07) is 36.3. The fourth-order valence-corrected chi connectivity index (χ4v) is 6.93. The first kappa shape index (κ1) is 27.9. The van der Waals surface area contributed by atoms with Crippen molar-refractivity contribution in [1.82, 2.24) is 9.47 Å². The Balaban J connectivity index is 1.20. The number of aryl methyl sites for hydroxylation is 1. The van der Waals surface area contributed by atoms with Gasteiger partial charge in [-0.2, -0.15) is 0 Å². The van der Waals surface area contributed by atoms with E-state index >= 15 is 0 Å². The number of aromatic nitrogens is 1. The summed E-state index contributed by atoms with van der Waals surface area (Å²) < 4.78 is 2.01. The van der Waals surface area contributed by atoms with Crippen LogP contribution in [-0.4, -0.2) is 33.0 Å². The van der Waals surface area contributed by atoms with Crippen molar-refractivity contribution in [2.75, 3.05) is 11.4 Å². The maximum absolute atomic E-state index is 13.9. The van der Waals surface area contributed by atoms with Crippen LogP contribution in [0.4, 0.5) is 5.69 Å². The number of fused-ring (bicyclic) bond motifs is 2. The molecule has 1 saturated heterocycles. The highest BCUT2D eigenvalue weighted by Crippen LogP contribution is 2.36. The molecule has 2 aliphatic heterocycles. The number of aliphatic imine (C=N–C) groups is 1. The molecule has 4 aromatic carbocycles. The molecule has 0 saturated carbocycles. The predicted octanol–water partition coefficient (Wildman–Crippen LogP) is 7.29. The molecule has 5 aromatic rings. The highest BCUT2D eigenvalue weighted by molar-refractivity contribution is 8.18. The summed E-state index contributed by atoms with van der Waals surface area (Å²) in [5.74, 6) is -0.00344. The van der Waals surface area contributed by atoms with Crippen molar-refractivity contribution in [2.45, 2.75) is 32.5 Å². The van der Waals surface area contributed by atoms with Gasteiger partial charge in [0.2, 0.25) is 5.91 Å². The zero-order valence-electron chi connectivity index (χ0n) is 24.3. The minimum atomic E-state index is -0.0662. The van der Waals surface area contributed by atoms with Gasteiger partial charge in [-0.3, -0.25) is 19.5 Å². The molecule has 1 aromatic heterocycles. The third-order valence-corrected chi connectivity index (χ3v) is 9.18. The van der Waals surface area contributed by atoms with E-state index in [9.17, 15) is 9.59 Å². The largest absolute Gasteiger partial charge is 0.337 e. The molecule has 0 aliphatic carbocycles. The van der Waals surface area contributed by atoms with Crippen LogP contribution in [0.3, 0.4) is 0 Å². The van der Waals surface area contributed by atoms with Crippen LogP contribution in [-0.2, 0) is 35.6 Å². The summed E-state index contributed by atoms with van der Waals surface area (Å²) >= 11 is 1.41. The quantitative estimate of drug-likeness (QED) is 0.185. The van der Waals surface area contributed by atoms with Gasteiger partial charge >= 0.3 is 0 Å². The number of rotatable bonds is 7. The van der Waals surface area contributed by atoms with Gasteiger partial charge in [-0.1, -0.05) is 97.1 Å². The van der Waals surface area contributed by atoms with Gasteiger partial charge in [0, 0.05) is 34.9 Å². The average Bonchev–Trinajstić information content (AvgIpc) is 3.56. The number of thioether (sulfide) groups is 1. The monoisotopic (exact) mass is 596 g/mol. The zero-order chi connectivity index (χ0) is 29.9. The van der Waals surface area contributed by atoms with E-state index in [-0.39, 0.29) is 18.4 Å². The van der Waals surface area contributed by atoms with E-state index in [2.05, 4.69) is 12.1 Å². The average molecular weight is 597 g/mol. The molecule has 0 spiro atoms. The fourth-order valence-electron chi connectivity index (χ4n) is 5.96. The molecule has 2 amide bonds. The normalized spacial score (nSPS) is 16.7. The minimum absolute atomic E-state index is 0.0628. The fraction of sp³-hybridized carbons (Fsp3) is 0.162. The van der Waals surface area contributed by atoms with Crippen LogP contribution in [0.25, 0.3) is 17.0 Å². The number of anilines is 1. The number of hydrogen-bond donors (Lipinski definition) is 0. The van der Waals surface area contributed by atoms with E-state index in [1.165, 1.54) is 17.3 Å². The summed E-state index contributed by atoms with van der Waals surface area (Å²) in [4.78, 5) is 36.7. The Morgan fingerprint density at radius 1 is 0.841 bits per heavy atom. The second-order valence-electron chi connectivity index (χ2n) is 11.1. The number of amidine groups is 1. The molecular weight excluding hydrogens is 565 g/mol. The first-order chi connectivity index (χ1) is 21.6. The van der Waals surface area contributed by atoms with Gasteiger partial charge < -0.3 is 9.47 Å².